The first kappa shape index (κ1) is 19.1. The van der Waals surface area contributed by atoms with Gasteiger partial charge in [0.1, 0.15) is 17.6 Å². The molecule has 0 spiro atoms. The monoisotopic (exact) mass is 380 g/mol. The third kappa shape index (κ3) is 4.33. The van der Waals surface area contributed by atoms with Gasteiger partial charge in [-0.25, -0.2) is 9.97 Å². The molecular weight excluding hydrogens is 360 g/mol. The average molecular weight is 380 g/mol. The highest BCUT2D eigenvalue weighted by atomic mass is 16.5. The number of H-pyrrole nitrogens is 1. The van der Waals surface area contributed by atoms with Crippen LogP contribution in [0, 0.1) is 17.2 Å². The van der Waals surface area contributed by atoms with Gasteiger partial charge in [0.05, 0.1) is 49.8 Å². The number of aromatic nitrogens is 5. The highest BCUT2D eigenvalue weighted by Crippen LogP contribution is 2.37. The number of rotatable bonds is 8. The molecule has 10 heteroatoms. The van der Waals surface area contributed by atoms with Crippen LogP contribution in [0.3, 0.4) is 0 Å². The Hall–Kier alpha value is -3.71. The lowest BCUT2D eigenvalue weighted by atomic mass is 10.1. The summed E-state index contributed by atoms with van der Waals surface area (Å²) in [6.07, 6.45) is 6.07. The lowest BCUT2D eigenvalue weighted by Crippen LogP contribution is -2.18. The van der Waals surface area contributed by atoms with Gasteiger partial charge in [-0.15, -0.1) is 0 Å². The van der Waals surface area contributed by atoms with Crippen LogP contribution in [0.2, 0.25) is 0 Å². The molecular formula is C18H20N8O2. The number of nitrogens with one attached hydrogen (secondary N) is 2. The SMILES string of the molecule is COc1cncc(OCC(C)CN)c1-c1cc(Nc2cnc(C#N)cn2)n[nH]1. The molecule has 0 aromatic carbocycles. The van der Waals surface area contributed by atoms with E-state index in [4.69, 9.17) is 20.5 Å². The van der Waals surface area contributed by atoms with Crippen molar-refractivity contribution < 1.29 is 9.47 Å². The first-order valence-electron chi connectivity index (χ1n) is 8.54. The number of methoxy groups -OCH3 is 1. The van der Waals surface area contributed by atoms with Gasteiger partial charge in [-0.2, -0.15) is 10.4 Å². The maximum absolute atomic E-state index is 8.79. The highest BCUT2D eigenvalue weighted by molar-refractivity contribution is 5.75. The van der Waals surface area contributed by atoms with Gasteiger partial charge in [-0.3, -0.25) is 10.1 Å². The fourth-order valence-electron chi connectivity index (χ4n) is 2.35. The maximum Gasteiger partial charge on any atom is 0.158 e. The zero-order valence-electron chi connectivity index (χ0n) is 15.5. The molecule has 0 radical (unpaired) electrons. The number of ether oxygens (including phenoxy) is 2. The molecule has 0 aliphatic heterocycles. The molecule has 1 unspecified atom stereocenters. The van der Waals surface area contributed by atoms with Crippen LogP contribution in [0.15, 0.2) is 30.9 Å². The number of nitriles is 1. The quantitative estimate of drug-likeness (QED) is 0.532. The van der Waals surface area contributed by atoms with E-state index in [2.05, 4.69) is 30.5 Å². The Balaban J connectivity index is 1.85. The van der Waals surface area contributed by atoms with Crippen molar-refractivity contribution in [3.8, 4) is 28.8 Å². The van der Waals surface area contributed by atoms with Crippen LogP contribution in [-0.2, 0) is 0 Å². The molecule has 0 amide bonds. The lowest BCUT2D eigenvalue weighted by Gasteiger charge is -2.15. The van der Waals surface area contributed by atoms with E-state index in [1.807, 2.05) is 13.0 Å². The van der Waals surface area contributed by atoms with Crippen molar-refractivity contribution in [3.63, 3.8) is 0 Å². The third-order valence-electron chi connectivity index (χ3n) is 3.89. The highest BCUT2D eigenvalue weighted by Gasteiger charge is 2.17. The molecule has 28 heavy (non-hydrogen) atoms. The fourth-order valence-corrected chi connectivity index (χ4v) is 2.35. The van der Waals surface area contributed by atoms with Crippen molar-refractivity contribution in [3.05, 3.63) is 36.5 Å². The van der Waals surface area contributed by atoms with E-state index in [1.54, 1.807) is 25.6 Å². The molecule has 3 heterocycles. The number of hydrogen-bond donors (Lipinski definition) is 3. The van der Waals surface area contributed by atoms with Gasteiger partial charge < -0.3 is 20.5 Å². The first-order valence-corrected chi connectivity index (χ1v) is 8.54. The fraction of sp³-hybridized carbons (Fsp3) is 0.278. The summed E-state index contributed by atoms with van der Waals surface area (Å²) >= 11 is 0. The molecule has 0 saturated heterocycles. The second-order valence-electron chi connectivity index (χ2n) is 6.06. The number of nitrogens with zero attached hydrogens (tertiary/aromatic N) is 5. The van der Waals surface area contributed by atoms with Crippen LogP contribution in [0.5, 0.6) is 11.5 Å². The molecule has 0 aliphatic rings. The second-order valence-corrected chi connectivity index (χ2v) is 6.06. The van der Waals surface area contributed by atoms with Gasteiger partial charge in [-0.1, -0.05) is 6.92 Å². The minimum absolute atomic E-state index is 0.202. The molecule has 0 bridgehead atoms. The minimum Gasteiger partial charge on any atom is -0.494 e. The smallest absolute Gasteiger partial charge is 0.158 e. The van der Waals surface area contributed by atoms with Crippen molar-refractivity contribution in [2.45, 2.75) is 6.92 Å². The normalized spacial score (nSPS) is 11.5. The predicted octanol–water partition coefficient (Wildman–Crippen LogP) is 1.86. The summed E-state index contributed by atoms with van der Waals surface area (Å²) in [5, 5.41) is 19.0. The number of hydrogen-bond acceptors (Lipinski definition) is 9. The van der Waals surface area contributed by atoms with Crippen LogP contribution in [0.25, 0.3) is 11.3 Å². The van der Waals surface area contributed by atoms with E-state index in [-0.39, 0.29) is 11.6 Å². The number of nitrogens with two attached hydrogens (primary N) is 1. The predicted molar refractivity (Wildman–Crippen MR) is 102 cm³/mol. The van der Waals surface area contributed by atoms with Gasteiger partial charge in [0.2, 0.25) is 0 Å². The summed E-state index contributed by atoms with van der Waals surface area (Å²) in [7, 11) is 1.56. The summed E-state index contributed by atoms with van der Waals surface area (Å²) in [6, 6.07) is 3.71. The van der Waals surface area contributed by atoms with Crippen LogP contribution in [0.1, 0.15) is 12.6 Å². The number of aromatic amines is 1. The van der Waals surface area contributed by atoms with E-state index in [1.165, 1.54) is 12.4 Å². The molecule has 3 aromatic heterocycles. The van der Waals surface area contributed by atoms with Crippen LogP contribution in [-0.4, -0.2) is 45.4 Å². The Labute approximate surface area is 161 Å². The standard InChI is InChI=1S/C18H20N8O2/c1-11(4-19)10-28-15-8-21-7-14(27-2)18(15)13-3-16(26-25-13)24-17-9-22-12(5-20)6-23-17/h3,6-9,11H,4,10,19H2,1-2H3,(H2,23,24,25,26). The average Bonchev–Trinajstić information content (AvgIpc) is 3.20. The zero-order valence-corrected chi connectivity index (χ0v) is 15.5. The molecule has 144 valence electrons. The summed E-state index contributed by atoms with van der Waals surface area (Å²) in [4.78, 5) is 12.2. The van der Waals surface area contributed by atoms with Gasteiger partial charge in [0.15, 0.2) is 17.3 Å². The molecule has 0 fully saturated rings. The number of pyridine rings is 1. The Kier molecular flexibility index (Phi) is 5.98. The Morgan fingerprint density at radius 3 is 2.71 bits per heavy atom. The van der Waals surface area contributed by atoms with Crippen molar-refractivity contribution in [1.29, 1.82) is 5.26 Å². The Morgan fingerprint density at radius 2 is 2.04 bits per heavy atom. The molecule has 0 aliphatic carbocycles. The van der Waals surface area contributed by atoms with E-state index < -0.39 is 0 Å². The molecule has 0 saturated carbocycles. The third-order valence-corrected chi connectivity index (χ3v) is 3.89. The van der Waals surface area contributed by atoms with E-state index >= 15 is 0 Å². The van der Waals surface area contributed by atoms with Gasteiger partial charge >= 0.3 is 0 Å². The maximum atomic E-state index is 8.79. The van der Waals surface area contributed by atoms with Crippen molar-refractivity contribution in [2.75, 3.05) is 25.6 Å². The zero-order chi connectivity index (χ0) is 19.9. The van der Waals surface area contributed by atoms with E-state index in [0.29, 0.717) is 47.5 Å². The summed E-state index contributed by atoms with van der Waals surface area (Å²) in [5.74, 6) is 2.30. The van der Waals surface area contributed by atoms with Gasteiger partial charge in [0.25, 0.3) is 0 Å². The van der Waals surface area contributed by atoms with Crippen LogP contribution < -0.4 is 20.5 Å². The Morgan fingerprint density at radius 1 is 1.21 bits per heavy atom. The van der Waals surface area contributed by atoms with E-state index in [9.17, 15) is 0 Å². The summed E-state index contributed by atoms with van der Waals surface area (Å²) in [5.41, 5.74) is 7.28. The molecule has 10 nitrogen and oxygen atoms in total. The van der Waals surface area contributed by atoms with Crippen LogP contribution in [0.4, 0.5) is 11.6 Å². The largest absolute Gasteiger partial charge is 0.494 e. The second kappa shape index (κ2) is 8.79. The number of anilines is 2. The lowest BCUT2D eigenvalue weighted by molar-refractivity contribution is 0.262. The minimum atomic E-state index is 0.202. The summed E-state index contributed by atoms with van der Waals surface area (Å²) in [6.45, 7) is 2.99. The van der Waals surface area contributed by atoms with E-state index in [0.717, 1.165) is 0 Å². The van der Waals surface area contributed by atoms with Crippen molar-refractivity contribution in [2.24, 2.45) is 11.7 Å². The topological polar surface area (TPSA) is 148 Å². The first-order chi connectivity index (χ1) is 13.6. The molecule has 1 atom stereocenters. The van der Waals surface area contributed by atoms with Crippen LogP contribution >= 0.6 is 0 Å². The van der Waals surface area contributed by atoms with Gasteiger partial charge in [0, 0.05) is 12.0 Å². The molecule has 3 rings (SSSR count). The molecule has 4 N–H and O–H groups in total. The Bertz CT molecular complexity index is 964. The molecule has 3 aromatic rings. The summed E-state index contributed by atoms with van der Waals surface area (Å²) < 4.78 is 11.3. The van der Waals surface area contributed by atoms with Crippen molar-refractivity contribution in [1.82, 2.24) is 25.1 Å². The van der Waals surface area contributed by atoms with Gasteiger partial charge in [-0.05, 0) is 6.54 Å². The van der Waals surface area contributed by atoms with Crippen molar-refractivity contribution >= 4 is 11.6 Å².